The molecule has 164 valence electrons. The molecule has 0 saturated heterocycles. The molecule has 8 heteroatoms. The second-order valence-corrected chi connectivity index (χ2v) is 7.47. The van der Waals surface area contributed by atoms with Gasteiger partial charge in [0.2, 0.25) is 5.91 Å². The summed E-state index contributed by atoms with van der Waals surface area (Å²) < 4.78 is 7.21. The number of benzene rings is 1. The molecule has 0 spiro atoms. The molecule has 8 nitrogen and oxygen atoms in total. The summed E-state index contributed by atoms with van der Waals surface area (Å²) in [5.74, 6) is 0.359. The van der Waals surface area contributed by atoms with Crippen molar-refractivity contribution in [1.82, 2.24) is 19.9 Å². The number of aromatic nitrogens is 3. The number of aromatic hydroxyl groups is 1. The van der Waals surface area contributed by atoms with Crippen molar-refractivity contribution in [2.45, 2.75) is 52.6 Å². The molecule has 0 aliphatic rings. The number of carbonyl (C=O) groups is 2. The van der Waals surface area contributed by atoms with Gasteiger partial charge in [0.05, 0.1) is 18.3 Å². The average Bonchev–Trinajstić information content (AvgIpc) is 3.05. The van der Waals surface area contributed by atoms with Crippen LogP contribution in [0.5, 0.6) is 5.75 Å². The SMILES string of the molecule is CCOC(=O)[C@H](Cc1ccc(O)cc1C)NC(=O)CCCn1c(C)nc2cnccc21. The molecule has 0 radical (unpaired) electrons. The van der Waals surface area contributed by atoms with Crippen LogP contribution in [0.4, 0.5) is 0 Å². The number of nitrogens with one attached hydrogen (secondary N) is 1. The van der Waals surface area contributed by atoms with Crippen molar-refractivity contribution in [3.8, 4) is 5.75 Å². The number of aryl methyl sites for hydroxylation is 3. The van der Waals surface area contributed by atoms with Gasteiger partial charge in [0.1, 0.15) is 23.1 Å². The third kappa shape index (κ3) is 5.59. The van der Waals surface area contributed by atoms with E-state index in [0.717, 1.165) is 28.0 Å². The summed E-state index contributed by atoms with van der Waals surface area (Å²) in [6.45, 7) is 6.39. The Morgan fingerprint density at radius 2 is 2.06 bits per heavy atom. The molecule has 3 rings (SSSR count). The maximum Gasteiger partial charge on any atom is 0.328 e. The molecule has 0 unspecified atom stereocenters. The number of esters is 1. The van der Waals surface area contributed by atoms with E-state index in [-0.39, 0.29) is 24.7 Å². The summed E-state index contributed by atoms with van der Waals surface area (Å²) in [7, 11) is 0. The predicted octanol–water partition coefficient (Wildman–Crippen LogP) is 2.82. The van der Waals surface area contributed by atoms with Gasteiger partial charge in [0.15, 0.2) is 0 Å². The Morgan fingerprint density at radius 3 is 2.81 bits per heavy atom. The summed E-state index contributed by atoms with van der Waals surface area (Å²) in [4.78, 5) is 33.6. The van der Waals surface area contributed by atoms with Crippen LogP contribution < -0.4 is 5.32 Å². The van der Waals surface area contributed by atoms with Gasteiger partial charge in [-0.25, -0.2) is 9.78 Å². The van der Waals surface area contributed by atoms with Gasteiger partial charge >= 0.3 is 5.97 Å². The van der Waals surface area contributed by atoms with E-state index in [9.17, 15) is 14.7 Å². The van der Waals surface area contributed by atoms with Crippen molar-refractivity contribution in [2.75, 3.05) is 6.61 Å². The third-order valence-corrected chi connectivity index (χ3v) is 5.18. The first kappa shape index (κ1) is 22.3. The van der Waals surface area contributed by atoms with Crippen LogP contribution in [0.1, 0.15) is 36.7 Å². The number of hydrogen-bond acceptors (Lipinski definition) is 6. The molecule has 31 heavy (non-hydrogen) atoms. The fraction of sp³-hybridized carbons (Fsp3) is 0.391. The molecule has 0 aliphatic carbocycles. The molecule has 2 N–H and O–H groups in total. The van der Waals surface area contributed by atoms with Crippen molar-refractivity contribution in [2.24, 2.45) is 0 Å². The van der Waals surface area contributed by atoms with E-state index in [1.807, 2.05) is 19.9 Å². The number of ether oxygens (including phenoxy) is 1. The Labute approximate surface area is 181 Å². The summed E-state index contributed by atoms with van der Waals surface area (Å²) in [6.07, 6.45) is 4.63. The lowest BCUT2D eigenvalue weighted by Gasteiger charge is -2.18. The van der Waals surface area contributed by atoms with E-state index >= 15 is 0 Å². The minimum absolute atomic E-state index is 0.163. The zero-order valence-electron chi connectivity index (χ0n) is 18.1. The summed E-state index contributed by atoms with van der Waals surface area (Å²) in [5.41, 5.74) is 3.53. The Balaban J connectivity index is 1.61. The minimum Gasteiger partial charge on any atom is -0.508 e. The van der Waals surface area contributed by atoms with Crippen LogP contribution in [-0.4, -0.2) is 44.2 Å². The zero-order valence-corrected chi connectivity index (χ0v) is 18.1. The van der Waals surface area contributed by atoms with Crippen LogP contribution in [0, 0.1) is 13.8 Å². The quantitative estimate of drug-likeness (QED) is 0.512. The molecule has 0 bridgehead atoms. The molecule has 1 atom stereocenters. The van der Waals surface area contributed by atoms with Crippen molar-refractivity contribution in [3.05, 3.63) is 53.6 Å². The number of carbonyl (C=O) groups excluding carboxylic acids is 2. The highest BCUT2D eigenvalue weighted by atomic mass is 16.5. The number of phenols is 1. The average molecular weight is 425 g/mol. The van der Waals surface area contributed by atoms with Crippen molar-refractivity contribution < 1.29 is 19.4 Å². The van der Waals surface area contributed by atoms with E-state index in [1.54, 1.807) is 37.5 Å². The summed E-state index contributed by atoms with van der Waals surface area (Å²) in [6, 6.07) is 6.08. The monoisotopic (exact) mass is 424 g/mol. The molecule has 0 fully saturated rings. The lowest BCUT2D eigenvalue weighted by molar-refractivity contribution is -0.147. The minimum atomic E-state index is -0.780. The van der Waals surface area contributed by atoms with Crippen LogP contribution in [0.25, 0.3) is 11.0 Å². The fourth-order valence-corrected chi connectivity index (χ4v) is 3.61. The number of fused-ring (bicyclic) bond motifs is 1. The van der Waals surface area contributed by atoms with Gasteiger partial charge in [0.25, 0.3) is 0 Å². The second kappa shape index (κ2) is 10.1. The van der Waals surface area contributed by atoms with Gasteiger partial charge < -0.3 is 19.7 Å². The largest absolute Gasteiger partial charge is 0.508 e. The first-order chi connectivity index (χ1) is 14.9. The second-order valence-electron chi connectivity index (χ2n) is 7.47. The zero-order chi connectivity index (χ0) is 22.4. The molecular formula is C23H28N4O4. The van der Waals surface area contributed by atoms with Crippen LogP contribution >= 0.6 is 0 Å². The number of hydrogen-bond donors (Lipinski definition) is 2. The number of phenolic OH excluding ortho intramolecular Hbond substituents is 1. The first-order valence-corrected chi connectivity index (χ1v) is 10.4. The lowest BCUT2D eigenvalue weighted by atomic mass is 10.0. The molecule has 1 amide bonds. The maximum atomic E-state index is 12.6. The van der Waals surface area contributed by atoms with E-state index < -0.39 is 12.0 Å². The Kier molecular flexibility index (Phi) is 7.23. The number of imidazole rings is 1. The number of pyridine rings is 1. The Hall–Kier alpha value is -3.42. The van der Waals surface area contributed by atoms with Crippen LogP contribution in [0.15, 0.2) is 36.7 Å². The van der Waals surface area contributed by atoms with Crippen molar-refractivity contribution >= 4 is 22.9 Å². The smallest absolute Gasteiger partial charge is 0.328 e. The number of amides is 1. The molecule has 3 aromatic rings. The van der Waals surface area contributed by atoms with Gasteiger partial charge in [-0.05, 0) is 56.5 Å². The molecule has 1 aromatic carbocycles. The molecule has 0 saturated carbocycles. The molecule has 2 aromatic heterocycles. The number of rotatable bonds is 9. The van der Waals surface area contributed by atoms with Crippen molar-refractivity contribution in [1.29, 1.82) is 0 Å². The standard InChI is InChI=1S/C23H28N4O4/c1-4-31-23(30)19(13-17-7-8-18(28)12-15(17)2)26-22(29)6-5-11-27-16(3)25-20-14-24-10-9-21(20)27/h7-10,12,14,19,28H,4-6,11,13H2,1-3H3,(H,26,29)/t19-/m0/s1. The predicted molar refractivity (Wildman–Crippen MR) is 117 cm³/mol. The number of nitrogens with zero attached hydrogens (tertiary/aromatic N) is 3. The van der Waals surface area contributed by atoms with Gasteiger partial charge in [-0.1, -0.05) is 6.07 Å². The van der Waals surface area contributed by atoms with E-state index in [2.05, 4.69) is 19.9 Å². The van der Waals surface area contributed by atoms with Crippen LogP contribution in [0.3, 0.4) is 0 Å². The highest BCUT2D eigenvalue weighted by molar-refractivity contribution is 5.84. The Bertz CT molecular complexity index is 1080. The van der Waals surface area contributed by atoms with Gasteiger partial charge in [-0.15, -0.1) is 0 Å². The van der Waals surface area contributed by atoms with E-state index in [0.29, 0.717) is 19.4 Å². The first-order valence-electron chi connectivity index (χ1n) is 10.4. The molecule has 2 heterocycles. The van der Waals surface area contributed by atoms with E-state index in [1.165, 1.54) is 0 Å². The van der Waals surface area contributed by atoms with Gasteiger partial charge in [-0.3, -0.25) is 9.78 Å². The third-order valence-electron chi connectivity index (χ3n) is 5.18. The Morgan fingerprint density at radius 1 is 1.26 bits per heavy atom. The van der Waals surface area contributed by atoms with Crippen LogP contribution in [-0.2, 0) is 27.3 Å². The van der Waals surface area contributed by atoms with Crippen LogP contribution in [0.2, 0.25) is 0 Å². The van der Waals surface area contributed by atoms with E-state index in [4.69, 9.17) is 4.74 Å². The molecular weight excluding hydrogens is 396 g/mol. The van der Waals surface area contributed by atoms with Crippen molar-refractivity contribution in [3.63, 3.8) is 0 Å². The van der Waals surface area contributed by atoms with Gasteiger partial charge in [-0.2, -0.15) is 0 Å². The summed E-state index contributed by atoms with van der Waals surface area (Å²) in [5, 5.41) is 12.4. The lowest BCUT2D eigenvalue weighted by Crippen LogP contribution is -2.43. The molecule has 0 aliphatic heterocycles. The summed E-state index contributed by atoms with van der Waals surface area (Å²) >= 11 is 0. The highest BCUT2D eigenvalue weighted by Gasteiger charge is 2.23. The van der Waals surface area contributed by atoms with Gasteiger partial charge in [0, 0.05) is 25.6 Å². The normalized spacial score (nSPS) is 12.0. The highest BCUT2D eigenvalue weighted by Crippen LogP contribution is 2.18. The maximum absolute atomic E-state index is 12.6. The fourth-order valence-electron chi connectivity index (χ4n) is 3.61. The topological polar surface area (TPSA) is 106 Å².